The molecule has 0 N–H and O–H groups in total. The molecule has 2 fully saturated rings. The number of carbonyl (C=O) groups is 1. The first kappa shape index (κ1) is 27.2. The molecular formula is C33H38O6. The standard InChI is InChI=1S/C33H38O6/c1-5-37-30(34)16-33(21-36-22-33)27-9-11-28(12-10-27)38-17-25-7-6-8-26(15-25)31-23(2)13-29(14-24(31)3)39-20-32(4)18-35-19-32/h6-15H,5,16-22H2,1-4H3. The van der Waals surface area contributed by atoms with Crippen LogP contribution in [-0.4, -0.2) is 45.6 Å². The fraction of sp³-hybridized carbons (Fsp3) is 0.424. The molecule has 6 heteroatoms. The second kappa shape index (κ2) is 11.4. The van der Waals surface area contributed by atoms with E-state index in [-0.39, 0.29) is 16.8 Å². The van der Waals surface area contributed by atoms with Gasteiger partial charge in [-0.15, -0.1) is 0 Å². The molecule has 0 unspecified atom stereocenters. The zero-order valence-electron chi connectivity index (χ0n) is 23.4. The van der Waals surface area contributed by atoms with E-state index in [9.17, 15) is 4.79 Å². The Morgan fingerprint density at radius 2 is 1.56 bits per heavy atom. The highest BCUT2D eigenvalue weighted by atomic mass is 16.5. The van der Waals surface area contributed by atoms with Crippen LogP contribution < -0.4 is 9.47 Å². The lowest BCUT2D eigenvalue weighted by atomic mass is 9.76. The number of rotatable bonds is 11. The van der Waals surface area contributed by atoms with Gasteiger partial charge >= 0.3 is 5.97 Å². The van der Waals surface area contributed by atoms with Gasteiger partial charge < -0.3 is 23.7 Å². The minimum Gasteiger partial charge on any atom is -0.493 e. The van der Waals surface area contributed by atoms with Crippen molar-refractivity contribution in [2.45, 2.75) is 46.1 Å². The Balaban J connectivity index is 1.23. The fourth-order valence-electron chi connectivity index (χ4n) is 5.35. The van der Waals surface area contributed by atoms with Crippen molar-refractivity contribution in [1.29, 1.82) is 0 Å². The highest BCUT2D eigenvalue weighted by Gasteiger charge is 2.42. The van der Waals surface area contributed by atoms with Gasteiger partial charge in [0.25, 0.3) is 0 Å². The van der Waals surface area contributed by atoms with Crippen molar-refractivity contribution >= 4 is 5.97 Å². The van der Waals surface area contributed by atoms with E-state index in [1.165, 1.54) is 22.3 Å². The molecule has 0 saturated carbocycles. The van der Waals surface area contributed by atoms with Gasteiger partial charge in [-0.1, -0.05) is 37.3 Å². The molecule has 2 aliphatic rings. The maximum atomic E-state index is 12.1. The van der Waals surface area contributed by atoms with Gasteiger partial charge in [0.2, 0.25) is 0 Å². The fourth-order valence-corrected chi connectivity index (χ4v) is 5.35. The van der Waals surface area contributed by atoms with Gasteiger partial charge in [-0.2, -0.15) is 0 Å². The van der Waals surface area contributed by atoms with Crippen LogP contribution in [0.1, 0.15) is 42.5 Å². The van der Waals surface area contributed by atoms with E-state index in [0.29, 0.717) is 39.5 Å². The van der Waals surface area contributed by atoms with Crippen LogP contribution in [-0.2, 0) is 31.0 Å². The van der Waals surface area contributed by atoms with Crippen molar-refractivity contribution in [2.75, 3.05) is 39.6 Å². The van der Waals surface area contributed by atoms with Crippen molar-refractivity contribution in [3.05, 3.63) is 82.9 Å². The maximum Gasteiger partial charge on any atom is 0.306 e. The van der Waals surface area contributed by atoms with Gasteiger partial charge in [-0.3, -0.25) is 4.79 Å². The summed E-state index contributed by atoms with van der Waals surface area (Å²) in [6, 6.07) is 20.7. The van der Waals surface area contributed by atoms with Gasteiger partial charge in [-0.05, 0) is 84.5 Å². The van der Waals surface area contributed by atoms with Gasteiger partial charge in [0, 0.05) is 5.41 Å². The molecule has 0 amide bonds. The molecule has 3 aromatic carbocycles. The van der Waals surface area contributed by atoms with Crippen LogP contribution in [0, 0.1) is 19.3 Å². The molecule has 2 aliphatic heterocycles. The van der Waals surface area contributed by atoms with Crippen LogP contribution in [0.2, 0.25) is 0 Å². The van der Waals surface area contributed by atoms with E-state index < -0.39 is 0 Å². The van der Waals surface area contributed by atoms with Crippen LogP contribution in [0.3, 0.4) is 0 Å². The van der Waals surface area contributed by atoms with Gasteiger partial charge in [0.1, 0.15) is 18.1 Å². The molecule has 0 aromatic heterocycles. The Hall–Kier alpha value is -3.35. The molecule has 3 aromatic rings. The van der Waals surface area contributed by atoms with E-state index in [1.54, 1.807) is 0 Å². The quantitative estimate of drug-likeness (QED) is 0.276. The summed E-state index contributed by atoms with van der Waals surface area (Å²) in [5, 5.41) is 0. The molecule has 206 valence electrons. The van der Waals surface area contributed by atoms with Crippen LogP contribution >= 0.6 is 0 Å². The third-order valence-electron chi connectivity index (χ3n) is 7.63. The minimum absolute atomic E-state index is 0.116. The van der Waals surface area contributed by atoms with Crippen molar-refractivity contribution in [1.82, 2.24) is 0 Å². The SMILES string of the molecule is CCOC(=O)CC1(c2ccc(OCc3cccc(-c4c(C)cc(OCC5(C)COC5)cc4C)c3)cc2)COC1. The molecule has 0 atom stereocenters. The second-order valence-corrected chi connectivity index (χ2v) is 11.3. The van der Waals surface area contributed by atoms with E-state index in [0.717, 1.165) is 35.8 Å². The predicted octanol–water partition coefficient (Wildman–Crippen LogP) is 6.19. The molecule has 5 rings (SSSR count). The van der Waals surface area contributed by atoms with E-state index >= 15 is 0 Å². The zero-order chi connectivity index (χ0) is 27.5. The van der Waals surface area contributed by atoms with Gasteiger partial charge in [0.05, 0.1) is 51.5 Å². The first-order valence-corrected chi connectivity index (χ1v) is 13.7. The second-order valence-electron chi connectivity index (χ2n) is 11.3. The topological polar surface area (TPSA) is 63.2 Å². The number of hydrogen-bond acceptors (Lipinski definition) is 6. The lowest BCUT2D eigenvalue weighted by Gasteiger charge is -2.41. The average Bonchev–Trinajstić information content (AvgIpc) is 2.88. The van der Waals surface area contributed by atoms with E-state index in [1.807, 2.05) is 31.2 Å². The molecule has 2 heterocycles. The Morgan fingerprint density at radius 1 is 0.872 bits per heavy atom. The van der Waals surface area contributed by atoms with Crippen molar-refractivity contribution in [3.8, 4) is 22.6 Å². The summed E-state index contributed by atoms with van der Waals surface area (Å²) in [5.74, 6) is 1.50. The summed E-state index contributed by atoms with van der Waals surface area (Å²) in [4.78, 5) is 12.1. The molecule has 0 bridgehead atoms. The maximum absolute atomic E-state index is 12.1. The minimum atomic E-state index is -0.307. The van der Waals surface area contributed by atoms with E-state index in [4.69, 9.17) is 23.7 Å². The Kier molecular flexibility index (Phi) is 7.96. The van der Waals surface area contributed by atoms with Gasteiger partial charge in [-0.25, -0.2) is 0 Å². The van der Waals surface area contributed by atoms with Crippen LogP contribution in [0.25, 0.3) is 11.1 Å². The molecule has 0 aliphatic carbocycles. The van der Waals surface area contributed by atoms with Crippen LogP contribution in [0.4, 0.5) is 0 Å². The molecule has 39 heavy (non-hydrogen) atoms. The molecule has 2 saturated heterocycles. The van der Waals surface area contributed by atoms with Crippen molar-refractivity contribution in [3.63, 3.8) is 0 Å². The molecule has 0 radical (unpaired) electrons. The Labute approximate surface area is 231 Å². The van der Waals surface area contributed by atoms with Crippen LogP contribution in [0.5, 0.6) is 11.5 Å². The van der Waals surface area contributed by atoms with E-state index in [2.05, 4.69) is 57.2 Å². The number of esters is 1. The summed E-state index contributed by atoms with van der Waals surface area (Å²) >= 11 is 0. The number of carbonyl (C=O) groups excluding carboxylic acids is 1. The smallest absolute Gasteiger partial charge is 0.306 e. The van der Waals surface area contributed by atoms with Crippen LogP contribution in [0.15, 0.2) is 60.7 Å². The molecular weight excluding hydrogens is 492 g/mol. The number of ether oxygens (including phenoxy) is 5. The molecule has 6 nitrogen and oxygen atoms in total. The summed E-state index contributed by atoms with van der Waals surface area (Å²) in [6.07, 6.45) is 0.327. The highest BCUT2D eigenvalue weighted by Crippen LogP contribution is 2.37. The monoisotopic (exact) mass is 530 g/mol. The Morgan fingerprint density at radius 3 is 2.15 bits per heavy atom. The summed E-state index contributed by atoms with van der Waals surface area (Å²) in [6.45, 7) is 12.4. The average molecular weight is 531 g/mol. The lowest BCUT2D eigenvalue weighted by molar-refractivity contribution is -0.151. The largest absolute Gasteiger partial charge is 0.493 e. The van der Waals surface area contributed by atoms with Crippen molar-refractivity contribution < 1.29 is 28.5 Å². The number of benzene rings is 3. The normalized spacial score (nSPS) is 17.0. The number of aryl methyl sites for hydroxylation is 2. The number of hydrogen-bond donors (Lipinski definition) is 0. The third-order valence-corrected chi connectivity index (χ3v) is 7.63. The first-order chi connectivity index (χ1) is 18.8. The lowest BCUT2D eigenvalue weighted by Crippen LogP contribution is -2.48. The zero-order valence-corrected chi connectivity index (χ0v) is 23.4. The summed E-state index contributed by atoms with van der Waals surface area (Å²) in [7, 11) is 0. The third kappa shape index (κ3) is 6.13. The predicted molar refractivity (Wildman–Crippen MR) is 150 cm³/mol. The summed E-state index contributed by atoms with van der Waals surface area (Å²) < 4.78 is 28.2. The highest BCUT2D eigenvalue weighted by molar-refractivity contribution is 5.73. The first-order valence-electron chi connectivity index (χ1n) is 13.7. The van der Waals surface area contributed by atoms with Gasteiger partial charge in [0.15, 0.2) is 0 Å². The molecule has 0 spiro atoms. The summed E-state index contributed by atoms with van der Waals surface area (Å²) in [5.41, 5.74) is 6.74. The Bertz CT molecular complexity index is 1280. The van der Waals surface area contributed by atoms with Crippen molar-refractivity contribution in [2.24, 2.45) is 5.41 Å².